The summed E-state index contributed by atoms with van der Waals surface area (Å²) in [4.78, 5) is 14.1. The molecule has 0 aromatic heterocycles. The zero-order valence-corrected chi connectivity index (χ0v) is 12.4. The Morgan fingerprint density at radius 2 is 2.11 bits per heavy atom. The van der Waals surface area contributed by atoms with Gasteiger partial charge in [0, 0.05) is 12.6 Å². The summed E-state index contributed by atoms with van der Waals surface area (Å²) >= 11 is 0. The molecule has 1 fully saturated rings. The van der Waals surface area contributed by atoms with Gasteiger partial charge in [0.05, 0.1) is 6.04 Å². The van der Waals surface area contributed by atoms with Crippen LogP contribution in [0.25, 0.3) is 0 Å². The van der Waals surface area contributed by atoms with Crippen LogP contribution in [0, 0.1) is 13.8 Å². The van der Waals surface area contributed by atoms with Gasteiger partial charge in [-0.3, -0.25) is 9.69 Å². The minimum atomic E-state index is -0.0821. The maximum absolute atomic E-state index is 12.0. The number of likely N-dealkylation sites (N-methyl/N-ethyl adjacent to an activating group) is 1. The molecule has 0 bridgehead atoms. The maximum Gasteiger partial charge on any atom is 0.237 e. The average molecular weight is 260 g/mol. The third-order valence-electron chi connectivity index (χ3n) is 3.88. The zero-order chi connectivity index (χ0) is 14.0. The zero-order valence-electron chi connectivity index (χ0n) is 12.4. The summed E-state index contributed by atoms with van der Waals surface area (Å²) < 4.78 is 0. The van der Waals surface area contributed by atoms with E-state index in [4.69, 9.17) is 0 Å². The molecule has 104 valence electrons. The molecule has 0 aliphatic heterocycles. The van der Waals surface area contributed by atoms with Gasteiger partial charge in [-0.2, -0.15) is 0 Å². The molecular weight excluding hydrogens is 236 g/mol. The van der Waals surface area contributed by atoms with E-state index in [1.54, 1.807) is 0 Å². The van der Waals surface area contributed by atoms with Crippen molar-refractivity contribution in [2.75, 3.05) is 7.05 Å². The molecular formula is C16H24N2O. The molecule has 0 unspecified atom stereocenters. The Morgan fingerprint density at radius 3 is 2.68 bits per heavy atom. The van der Waals surface area contributed by atoms with Crippen molar-refractivity contribution in [2.24, 2.45) is 0 Å². The molecule has 1 aliphatic rings. The van der Waals surface area contributed by atoms with E-state index in [0.29, 0.717) is 6.04 Å². The summed E-state index contributed by atoms with van der Waals surface area (Å²) in [7, 11) is 2.01. The lowest BCUT2D eigenvalue weighted by Crippen LogP contribution is -2.43. The molecule has 19 heavy (non-hydrogen) atoms. The first-order chi connectivity index (χ1) is 8.97. The molecule has 1 saturated carbocycles. The van der Waals surface area contributed by atoms with Crippen LogP contribution in [-0.2, 0) is 11.3 Å². The quantitative estimate of drug-likeness (QED) is 0.881. The van der Waals surface area contributed by atoms with E-state index in [-0.39, 0.29) is 11.9 Å². The fourth-order valence-electron chi connectivity index (χ4n) is 2.18. The van der Waals surface area contributed by atoms with Crippen molar-refractivity contribution in [3.8, 4) is 0 Å². The Balaban J connectivity index is 1.94. The van der Waals surface area contributed by atoms with Crippen molar-refractivity contribution in [1.82, 2.24) is 10.2 Å². The summed E-state index contributed by atoms with van der Waals surface area (Å²) in [6.07, 6.45) is 2.28. The van der Waals surface area contributed by atoms with Gasteiger partial charge in [0.1, 0.15) is 0 Å². The Bertz CT molecular complexity index is 466. The fourth-order valence-corrected chi connectivity index (χ4v) is 2.18. The number of amides is 1. The highest BCUT2D eigenvalue weighted by Gasteiger charge is 2.27. The van der Waals surface area contributed by atoms with Gasteiger partial charge < -0.3 is 5.32 Å². The van der Waals surface area contributed by atoms with Crippen molar-refractivity contribution < 1.29 is 4.79 Å². The highest BCUT2D eigenvalue weighted by molar-refractivity contribution is 5.81. The summed E-state index contributed by atoms with van der Waals surface area (Å²) in [5, 5.41) is 3.06. The monoisotopic (exact) mass is 260 g/mol. The number of nitrogens with one attached hydrogen (secondary N) is 1. The lowest BCUT2D eigenvalue weighted by atomic mass is 10.0. The Labute approximate surface area is 116 Å². The van der Waals surface area contributed by atoms with Gasteiger partial charge in [0.2, 0.25) is 5.91 Å². The predicted molar refractivity (Wildman–Crippen MR) is 78.0 cm³/mol. The largest absolute Gasteiger partial charge is 0.352 e. The van der Waals surface area contributed by atoms with Crippen LogP contribution in [0.5, 0.6) is 0 Å². The van der Waals surface area contributed by atoms with Crippen LogP contribution in [0.1, 0.15) is 36.5 Å². The summed E-state index contributed by atoms with van der Waals surface area (Å²) in [5.74, 6) is 0.148. The smallest absolute Gasteiger partial charge is 0.237 e. The van der Waals surface area contributed by atoms with Crippen LogP contribution in [0.4, 0.5) is 0 Å². The SMILES string of the molecule is Cc1ccc(CN(C)[C@@H](C)C(=O)NC2CC2)c(C)c1. The first kappa shape index (κ1) is 14.1. The number of rotatable bonds is 5. The van der Waals surface area contributed by atoms with Crippen LogP contribution in [0.2, 0.25) is 0 Å². The van der Waals surface area contributed by atoms with Gasteiger partial charge in [-0.1, -0.05) is 23.8 Å². The summed E-state index contributed by atoms with van der Waals surface area (Å²) in [6, 6.07) is 6.83. The number of carbonyl (C=O) groups excluding carboxylic acids is 1. The number of aryl methyl sites for hydroxylation is 2. The molecule has 1 aromatic rings. The number of carbonyl (C=O) groups is 1. The highest BCUT2D eigenvalue weighted by Crippen LogP contribution is 2.19. The van der Waals surface area contributed by atoms with E-state index in [1.807, 2.05) is 14.0 Å². The predicted octanol–water partition coefficient (Wildman–Crippen LogP) is 2.40. The molecule has 0 heterocycles. The summed E-state index contributed by atoms with van der Waals surface area (Å²) in [5.41, 5.74) is 3.87. The number of hydrogen-bond acceptors (Lipinski definition) is 2. The minimum Gasteiger partial charge on any atom is -0.352 e. The van der Waals surface area contributed by atoms with Crippen LogP contribution in [0.15, 0.2) is 18.2 Å². The van der Waals surface area contributed by atoms with Crippen molar-refractivity contribution in [3.05, 3.63) is 34.9 Å². The second-order valence-corrected chi connectivity index (χ2v) is 5.80. The van der Waals surface area contributed by atoms with Crippen LogP contribution in [0.3, 0.4) is 0 Å². The molecule has 0 saturated heterocycles. The molecule has 1 aliphatic carbocycles. The number of nitrogens with zero attached hydrogens (tertiary/aromatic N) is 1. The number of benzene rings is 1. The van der Waals surface area contributed by atoms with Gasteiger partial charge in [-0.05, 0) is 51.8 Å². The molecule has 0 spiro atoms. The van der Waals surface area contributed by atoms with E-state index in [0.717, 1.165) is 19.4 Å². The van der Waals surface area contributed by atoms with Crippen molar-refractivity contribution in [2.45, 2.75) is 52.2 Å². The lowest BCUT2D eigenvalue weighted by molar-refractivity contribution is -0.125. The summed E-state index contributed by atoms with van der Waals surface area (Å²) in [6.45, 7) is 7.02. The molecule has 2 rings (SSSR count). The number of hydrogen-bond donors (Lipinski definition) is 1. The normalized spacial score (nSPS) is 16.5. The molecule has 1 amide bonds. The van der Waals surface area contributed by atoms with Gasteiger partial charge in [0.15, 0.2) is 0 Å². The van der Waals surface area contributed by atoms with E-state index < -0.39 is 0 Å². The third-order valence-corrected chi connectivity index (χ3v) is 3.88. The molecule has 1 atom stereocenters. The second-order valence-electron chi connectivity index (χ2n) is 5.80. The van der Waals surface area contributed by atoms with Crippen molar-refractivity contribution in [1.29, 1.82) is 0 Å². The van der Waals surface area contributed by atoms with Gasteiger partial charge in [0.25, 0.3) is 0 Å². The van der Waals surface area contributed by atoms with Crippen molar-refractivity contribution in [3.63, 3.8) is 0 Å². The van der Waals surface area contributed by atoms with Crippen molar-refractivity contribution >= 4 is 5.91 Å². The standard InChI is InChI=1S/C16H24N2O/c1-11-5-6-14(12(2)9-11)10-18(4)13(3)16(19)17-15-7-8-15/h5-6,9,13,15H,7-8,10H2,1-4H3,(H,17,19)/t13-/m0/s1. The fraction of sp³-hybridized carbons (Fsp3) is 0.562. The van der Waals surface area contributed by atoms with Crippen LogP contribution in [-0.4, -0.2) is 29.9 Å². The first-order valence-electron chi connectivity index (χ1n) is 7.04. The van der Waals surface area contributed by atoms with Crippen LogP contribution < -0.4 is 5.32 Å². The minimum absolute atomic E-state index is 0.0821. The van der Waals surface area contributed by atoms with Gasteiger partial charge in [-0.25, -0.2) is 0 Å². The molecule has 1 N–H and O–H groups in total. The van der Waals surface area contributed by atoms with E-state index in [1.165, 1.54) is 16.7 Å². The topological polar surface area (TPSA) is 32.3 Å². The van der Waals surface area contributed by atoms with Crippen LogP contribution >= 0.6 is 0 Å². The average Bonchev–Trinajstić information content (AvgIpc) is 3.15. The Hall–Kier alpha value is -1.35. The lowest BCUT2D eigenvalue weighted by Gasteiger charge is -2.24. The van der Waals surface area contributed by atoms with Gasteiger partial charge in [-0.15, -0.1) is 0 Å². The Kier molecular flexibility index (Phi) is 4.25. The highest BCUT2D eigenvalue weighted by atomic mass is 16.2. The molecule has 3 heteroatoms. The third kappa shape index (κ3) is 3.80. The van der Waals surface area contributed by atoms with E-state index in [2.05, 4.69) is 42.3 Å². The molecule has 3 nitrogen and oxygen atoms in total. The Morgan fingerprint density at radius 1 is 1.42 bits per heavy atom. The first-order valence-corrected chi connectivity index (χ1v) is 7.04. The second kappa shape index (κ2) is 5.74. The van der Waals surface area contributed by atoms with E-state index in [9.17, 15) is 4.79 Å². The maximum atomic E-state index is 12.0. The van der Waals surface area contributed by atoms with E-state index >= 15 is 0 Å². The molecule has 1 aromatic carbocycles. The van der Waals surface area contributed by atoms with Gasteiger partial charge >= 0.3 is 0 Å². The molecule has 0 radical (unpaired) electrons.